The molecule has 2 aromatic carbocycles. The number of benzene rings is 2. The van der Waals surface area contributed by atoms with E-state index in [4.69, 9.17) is 0 Å². The summed E-state index contributed by atoms with van der Waals surface area (Å²) in [6, 6.07) is 11.1. The summed E-state index contributed by atoms with van der Waals surface area (Å²) in [5, 5.41) is 17.3. The van der Waals surface area contributed by atoms with Gasteiger partial charge >= 0.3 is 0 Å². The van der Waals surface area contributed by atoms with Gasteiger partial charge in [-0.3, -0.25) is 9.78 Å². The van der Waals surface area contributed by atoms with E-state index in [-0.39, 0.29) is 24.9 Å². The van der Waals surface area contributed by atoms with Crippen LogP contribution in [-0.2, 0) is 24.1 Å². The Labute approximate surface area is 217 Å². The molecule has 1 aliphatic carbocycles. The van der Waals surface area contributed by atoms with Gasteiger partial charge in [0.05, 0.1) is 17.8 Å². The lowest BCUT2D eigenvalue weighted by Gasteiger charge is -2.31. The molecule has 7 heteroatoms. The average Bonchev–Trinajstić information content (AvgIpc) is 2.85. The Kier molecular flexibility index (Phi) is 8.67. The van der Waals surface area contributed by atoms with Gasteiger partial charge in [0.15, 0.2) is 0 Å². The summed E-state index contributed by atoms with van der Waals surface area (Å²) < 4.78 is 27.4. The topological polar surface area (TPSA) is 74.2 Å². The van der Waals surface area contributed by atoms with Crippen molar-refractivity contribution in [1.29, 1.82) is 0 Å². The number of aromatic nitrogens is 1. The molecule has 5 nitrogen and oxygen atoms in total. The van der Waals surface area contributed by atoms with Crippen LogP contribution >= 0.6 is 0 Å². The van der Waals surface area contributed by atoms with Gasteiger partial charge in [0.25, 0.3) is 0 Å². The molecule has 0 saturated carbocycles. The Bertz CT molecular complexity index is 1240. The first-order chi connectivity index (χ1) is 17.7. The van der Waals surface area contributed by atoms with Crippen molar-refractivity contribution in [3.05, 3.63) is 88.1 Å². The molecule has 4 rings (SSSR count). The third kappa shape index (κ3) is 6.59. The lowest BCUT2D eigenvalue weighted by atomic mass is 9.81. The summed E-state index contributed by atoms with van der Waals surface area (Å²) >= 11 is 0. The number of nitrogens with zero attached hydrogens (tertiary/aromatic N) is 1. The third-order valence-corrected chi connectivity index (χ3v) is 7.12. The number of rotatable bonds is 9. The number of amides is 1. The van der Waals surface area contributed by atoms with Crippen LogP contribution in [0.3, 0.4) is 0 Å². The normalized spacial score (nSPS) is 16.6. The maximum Gasteiger partial charge on any atom is 0.217 e. The van der Waals surface area contributed by atoms with Crippen molar-refractivity contribution in [2.75, 3.05) is 6.54 Å². The molecule has 0 spiro atoms. The molecule has 3 aromatic rings. The van der Waals surface area contributed by atoms with E-state index in [1.165, 1.54) is 41.3 Å². The van der Waals surface area contributed by atoms with Crippen molar-refractivity contribution >= 4 is 5.91 Å². The molecule has 0 fully saturated rings. The molecular weight excluding hydrogens is 472 g/mol. The fraction of sp³-hybridized carbons (Fsp3) is 0.400. The van der Waals surface area contributed by atoms with E-state index in [1.807, 2.05) is 12.3 Å². The molecule has 1 aliphatic rings. The highest BCUT2D eigenvalue weighted by molar-refractivity contribution is 5.73. The second kappa shape index (κ2) is 11.9. The first-order valence-electron chi connectivity index (χ1n) is 13.0. The van der Waals surface area contributed by atoms with Gasteiger partial charge in [-0.2, -0.15) is 0 Å². The number of hydrogen-bond donors (Lipinski definition) is 3. The zero-order chi connectivity index (χ0) is 26.5. The Hall–Kier alpha value is -3.16. The van der Waals surface area contributed by atoms with Crippen LogP contribution in [0, 0.1) is 18.6 Å². The van der Waals surface area contributed by atoms with Crippen LogP contribution in [0.1, 0.15) is 60.5 Å². The second-order valence-corrected chi connectivity index (χ2v) is 9.94. The lowest BCUT2D eigenvalue weighted by Crippen LogP contribution is -2.48. The van der Waals surface area contributed by atoms with Crippen LogP contribution in [0.2, 0.25) is 0 Å². The van der Waals surface area contributed by atoms with Crippen LogP contribution in [-0.4, -0.2) is 34.7 Å². The number of halogens is 2. The van der Waals surface area contributed by atoms with E-state index in [0.29, 0.717) is 5.56 Å². The lowest BCUT2D eigenvalue weighted by molar-refractivity contribution is -0.120. The number of nitrogens with one attached hydrogen (secondary N) is 2. The van der Waals surface area contributed by atoms with E-state index in [9.17, 15) is 18.7 Å². The molecule has 196 valence electrons. The second-order valence-electron chi connectivity index (χ2n) is 9.94. The zero-order valence-corrected chi connectivity index (χ0v) is 21.7. The highest BCUT2D eigenvalue weighted by Gasteiger charge is 2.27. The first kappa shape index (κ1) is 26.9. The standard InChI is InChI=1S/C30H35F2N3O2/c1-4-20-13-25-24(26(14-20)30-18(2)7-6-10-33-30)8-5-9-27(25)34-17-29(37)28(35-19(3)36)15-21-11-22(31)16-23(32)12-21/h6-7,10-14,16,27-29,34,37H,4-5,8-9,15,17H2,1-3H3,(H,35,36)/t27-,28+,29+/m1/s1. The summed E-state index contributed by atoms with van der Waals surface area (Å²) in [4.78, 5) is 16.5. The molecule has 1 aromatic heterocycles. The van der Waals surface area contributed by atoms with Gasteiger partial charge in [-0.25, -0.2) is 8.78 Å². The van der Waals surface area contributed by atoms with Crippen LogP contribution in [0.15, 0.2) is 48.7 Å². The smallest absolute Gasteiger partial charge is 0.217 e. The maximum absolute atomic E-state index is 13.7. The average molecular weight is 508 g/mol. The Morgan fingerprint density at radius 3 is 2.59 bits per heavy atom. The van der Waals surface area contributed by atoms with Crippen molar-refractivity contribution < 1.29 is 18.7 Å². The Morgan fingerprint density at radius 1 is 1.16 bits per heavy atom. The van der Waals surface area contributed by atoms with Gasteiger partial charge in [-0.05, 0) is 91.1 Å². The molecule has 1 heterocycles. The highest BCUT2D eigenvalue weighted by atomic mass is 19.1. The maximum atomic E-state index is 13.7. The number of fused-ring (bicyclic) bond motifs is 1. The molecule has 0 saturated heterocycles. The SMILES string of the molecule is CCc1cc(-c2ncccc2C)c2c(c1)[C@H](NC[C@H](O)[C@H](Cc1cc(F)cc(F)c1)NC(C)=O)CCC2. The number of carbonyl (C=O) groups is 1. The highest BCUT2D eigenvalue weighted by Crippen LogP contribution is 2.38. The van der Waals surface area contributed by atoms with E-state index >= 15 is 0 Å². The number of carbonyl (C=O) groups excluding carboxylic acids is 1. The van der Waals surface area contributed by atoms with Gasteiger partial charge < -0.3 is 15.7 Å². The molecule has 3 atom stereocenters. The van der Waals surface area contributed by atoms with Crippen molar-refractivity contribution in [2.45, 2.75) is 71.1 Å². The number of aliphatic hydroxyl groups excluding tert-OH is 1. The van der Waals surface area contributed by atoms with Crippen molar-refractivity contribution in [3.8, 4) is 11.3 Å². The van der Waals surface area contributed by atoms with Crippen LogP contribution < -0.4 is 10.6 Å². The van der Waals surface area contributed by atoms with Gasteiger partial charge in [-0.15, -0.1) is 0 Å². The minimum absolute atomic E-state index is 0.0391. The fourth-order valence-corrected chi connectivity index (χ4v) is 5.31. The molecular formula is C30H35F2N3O2. The van der Waals surface area contributed by atoms with Crippen LogP contribution in [0.4, 0.5) is 8.78 Å². The summed E-state index contributed by atoms with van der Waals surface area (Å²) in [6.45, 7) is 5.80. The fourth-order valence-electron chi connectivity index (χ4n) is 5.31. The Morgan fingerprint density at radius 2 is 1.92 bits per heavy atom. The summed E-state index contributed by atoms with van der Waals surface area (Å²) in [6.07, 6.45) is 4.78. The number of aliphatic hydroxyl groups is 1. The minimum atomic E-state index is -0.951. The first-order valence-corrected chi connectivity index (χ1v) is 13.0. The van der Waals surface area contributed by atoms with Crippen LogP contribution in [0.25, 0.3) is 11.3 Å². The molecule has 37 heavy (non-hydrogen) atoms. The summed E-state index contributed by atoms with van der Waals surface area (Å²) in [7, 11) is 0. The monoisotopic (exact) mass is 507 g/mol. The summed E-state index contributed by atoms with van der Waals surface area (Å²) in [5.41, 5.74) is 7.42. The minimum Gasteiger partial charge on any atom is -0.390 e. The molecule has 0 unspecified atom stereocenters. The van der Waals surface area contributed by atoms with Gasteiger partial charge in [-0.1, -0.05) is 19.1 Å². The van der Waals surface area contributed by atoms with Crippen molar-refractivity contribution in [3.63, 3.8) is 0 Å². The molecule has 0 aliphatic heterocycles. The van der Waals surface area contributed by atoms with Crippen LogP contribution in [0.5, 0.6) is 0 Å². The molecule has 3 N–H and O–H groups in total. The Balaban J connectivity index is 1.56. The number of aryl methyl sites for hydroxylation is 2. The van der Waals surface area contributed by atoms with E-state index in [1.54, 1.807) is 0 Å². The van der Waals surface area contributed by atoms with E-state index < -0.39 is 23.8 Å². The molecule has 0 bridgehead atoms. The van der Waals surface area contributed by atoms with E-state index in [0.717, 1.165) is 43.0 Å². The van der Waals surface area contributed by atoms with Gasteiger partial charge in [0.2, 0.25) is 5.91 Å². The van der Waals surface area contributed by atoms with Crippen molar-refractivity contribution in [2.24, 2.45) is 0 Å². The number of pyridine rings is 1. The van der Waals surface area contributed by atoms with E-state index in [2.05, 4.69) is 47.7 Å². The quantitative estimate of drug-likeness (QED) is 0.382. The number of hydrogen-bond acceptors (Lipinski definition) is 4. The van der Waals surface area contributed by atoms with Crippen molar-refractivity contribution in [1.82, 2.24) is 15.6 Å². The zero-order valence-electron chi connectivity index (χ0n) is 21.7. The largest absolute Gasteiger partial charge is 0.390 e. The predicted molar refractivity (Wildman–Crippen MR) is 141 cm³/mol. The molecule has 0 radical (unpaired) electrons. The van der Waals surface area contributed by atoms with Gasteiger partial charge in [0.1, 0.15) is 11.6 Å². The predicted octanol–water partition coefficient (Wildman–Crippen LogP) is 4.97. The van der Waals surface area contributed by atoms with Gasteiger partial charge in [0, 0.05) is 37.3 Å². The summed E-state index contributed by atoms with van der Waals surface area (Å²) in [5.74, 6) is -1.69. The third-order valence-electron chi connectivity index (χ3n) is 7.12. The molecule has 1 amide bonds.